The number of amides is 2. The first-order chi connectivity index (χ1) is 12.4. The van der Waals surface area contributed by atoms with E-state index in [2.05, 4.69) is 22.5 Å². The van der Waals surface area contributed by atoms with Crippen LogP contribution in [-0.4, -0.2) is 42.4 Å². The standard InChI is InChI=1S/C19H27Cl2N3O2/c1-3-4-10-22-19(26)14-7-6-11-24(12-14)13(2)18(25)23-16-9-5-8-15(20)17(16)21/h5,8-9,13-14H,3-4,6-7,10-12H2,1-2H3,(H,22,26)(H,23,25). The molecule has 2 N–H and O–H groups in total. The van der Waals surface area contributed by atoms with Gasteiger partial charge in [-0.1, -0.05) is 42.6 Å². The highest BCUT2D eigenvalue weighted by molar-refractivity contribution is 6.44. The van der Waals surface area contributed by atoms with Gasteiger partial charge in [0.25, 0.3) is 0 Å². The molecule has 0 spiro atoms. The van der Waals surface area contributed by atoms with E-state index in [4.69, 9.17) is 23.2 Å². The smallest absolute Gasteiger partial charge is 0.241 e. The van der Waals surface area contributed by atoms with Gasteiger partial charge in [0, 0.05) is 13.1 Å². The van der Waals surface area contributed by atoms with Crippen molar-refractivity contribution in [3.63, 3.8) is 0 Å². The number of hydrogen-bond acceptors (Lipinski definition) is 3. The van der Waals surface area contributed by atoms with E-state index in [1.165, 1.54) is 0 Å². The predicted molar refractivity (Wildman–Crippen MR) is 107 cm³/mol. The van der Waals surface area contributed by atoms with E-state index in [1.54, 1.807) is 18.2 Å². The van der Waals surface area contributed by atoms with Gasteiger partial charge in [0.15, 0.2) is 0 Å². The van der Waals surface area contributed by atoms with Crippen molar-refractivity contribution in [2.75, 3.05) is 25.0 Å². The molecule has 2 unspecified atom stereocenters. The molecular weight excluding hydrogens is 373 g/mol. The van der Waals surface area contributed by atoms with Crippen molar-refractivity contribution in [3.05, 3.63) is 28.2 Å². The molecule has 0 aromatic heterocycles. The molecule has 0 saturated carbocycles. The number of anilines is 1. The summed E-state index contributed by atoms with van der Waals surface area (Å²) < 4.78 is 0. The van der Waals surface area contributed by atoms with Gasteiger partial charge in [-0.15, -0.1) is 0 Å². The van der Waals surface area contributed by atoms with Gasteiger partial charge in [0.05, 0.1) is 27.7 Å². The Bertz CT molecular complexity index is 639. The first-order valence-electron chi connectivity index (χ1n) is 9.20. The zero-order chi connectivity index (χ0) is 19.1. The van der Waals surface area contributed by atoms with Crippen molar-refractivity contribution in [1.29, 1.82) is 0 Å². The van der Waals surface area contributed by atoms with Crippen molar-refractivity contribution in [1.82, 2.24) is 10.2 Å². The molecule has 1 aliphatic rings. The summed E-state index contributed by atoms with van der Waals surface area (Å²) in [5.41, 5.74) is 0.502. The van der Waals surface area contributed by atoms with E-state index < -0.39 is 0 Å². The molecule has 1 fully saturated rings. The second-order valence-electron chi connectivity index (χ2n) is 6.75. The zero-order valence-corrected chi connectivity index (χ0v) is 16.9. The lowest BCUT2D eigenvalue weighted by atomic mass is 9.95. The topological polar surface area (TPSA) is 61.4 Å². The second-order valence-corrected chi connectivity index (χ2v) is 7.53. The van der Waals surface area contributed by atoms with Crippen molar-refractivity contribution in [2.24, 2.45) is 5.92 Å². The van der Waals surface area contributed by atoms with Crippen LogP contribution in [0.2, 0.25) is 10.0 Å². The second kappa shape index (κ2) is 10.1. The van der Waals surface area contributed by atoms with Crippen LogP contribution in [0.15, 0.2) is 18.2 Å². The van der Waals surface area contributed by atoms with Crippen molar-refractivity contribution in [3.8, 4) is 0 Å². The highest BCUT2D eigenvalue weighted by atomic mass is 35.5. The number of piperidine rings is 1. The molecule has 1 aromatic rings. The third-order valence-electron chi connectivity index (χ3n) is 4.79. The third-order valence-corrected chi connectivity index (χ3v) is 5.61. The van der Waals surface area contributed by atoms with E-state index in [-0.39, 0.29) is 23.8 Å². The number of unbranched alkanes of at least 4 members (excludes halogenated alkanes) is 1. The van der Waals surface area contributed by atoms with Crippen LogP contribution in [0, 0.1) is 5.92 Å². The lowest BCUT2D eigenvalue weighted by molar-refractivity contribution is -0.129. The van der Waals surface area contributed by atoms with E-state index in [9.17, 15) is 9.59 Å². The van der Waals surface area contributed by atoms with Crippen LogP contribution in [-0.2, 0) is 9.59 Å². The van der Waals surface area contributed by atoms with Crippen molar-refractivity contribution in [2.45, 2.75) is 45.6 Å². The molecular formula is C19H27Cl2N3O2. The van der Waals surface area contributed by atoms with Gasteiger partial charge in [0.2, 0.25) is 11.8 Å². The van der Waals surface area contributed by atoms with Crippen molar-refractivity contribution >= 4 is 40.7 Å². The minimum absolute atomic E-state index is 0.0642. The predicted octanol–water partition coefficient (Wildman–Crippen LogP) is 3.95. The third kappa shape index (κ3) is 5.60. The summed E-state index contributed by atoms with van der Waals surface area (Å²) in [7, 11) is 0. The Balaban J connectivity index is 1.93. The molecule has 1 aromatic carbocycles. The Kier molecular flexibility index (Phi) is 8.19. The average Bonchev–Trinajstić information content (AvgIpc) is 2.65. The quantitative estimate of drug-likeness (QED) is 0.682. The molecule has 0 radical (unpaired) electrons. The fourth-order valence-corrected chi connectivity index (χ4v) is 3.46. The first kappa shape index (κ1) is 21.0. The number of nitrogens with one attached hydrogen (secondary N) is 2. The molecule has 1 saturated heterocycles. The van der Waals surface area contributed by atoms with Crippen LogP contribution < -0.4 is 10.6 Å². The summed E-state index contributed by atoms with van der Waals surface area (Å²) in [6.45, 7) is 6.06. The lowest BCUT2D eigenvalue weighted by Gasteiger charge is -2.35. The van der Waals surface area contributed by atoms with E-state index >= 15 is 0 Å². The van der Waals surface area contributed by atoms with Gasteiger partial charge in [0.1, 0.15) is 0 Å². The number of likely N-dealkylation sites (tertiary alicyclic amines) is 1. The molecule has 1 heterocycles. The van der Waals surface area contributed by atoms with Crippen molar-refractivity contribution < 1.29 is 9.59 Å². The minimum Gasteiger partial charge on any atom is -0.356 e. The fourth-order valence-electron chi connectivity index (χ4n) is 3.11. The summed E-state index contributed by atoms with van der Waals surface area (Å²) in [5.74, 6) is -0.125. The van der Waals surface area contributed by atoms with Gasteiger partial charge >= 0.3 is 0 Å². The first-order valence-corrected chi connectivity index (χ1v) is 9.96. The Morgan fingerprint density at radius 2 is 2.12 bits per heavy atom. The van der Waals surface area contributed by atoms with Crippen LogP contribution in [0.1, 0.15) is 39.5 Å². The number of rotatable bonds is 7. The molecule has 0 aliphatic carbocycles. The van der Waals surface area contributed by atoms with Crippen LogP contribution in [0.4, 0.5) is 5.69 Å². The van der Waals surface area contributed by atoms with Gasteiger partial charge in [-0.05, 0) is 44.9 Å². The highest BCUT2D eigenvalue weighted by Crippen LogP contribution is 2.30. The van der Waals surface area contributed by atoms with Crippen LogP contribution in [0.3, 0.4) is 0 Å². The summed E-state index contributed by atoms with van der Waals surface area (Å²) >= 11 is 12.1. The molecule has 5 nitrogen and oxygen atoms in total. The van der Waals surface area contributed by atoms with E-state index in [1.807, 2.05) is 6.92 Å². The highest BCUT2D eigenvalue weighted by Gasteiger charge is 2.30. The van der Waals surface area contributed by atoms with Crippen LogP contribution >= 0.6 is 23.2 Å². The SMILES string of the molecule is CCCCNC(=O)C1CCCN(C(C)C(=O)Nc2cccc(Cl)c2Cl)C1. The number of carbonyl (C=O) groups excluding carboxylic acids is 2. The monoisotopic (exact) mass is 399 g/mol. The van der Waals surface area contributed by atoms with Crippen LogP contribution in [0.5, 0.6) is 0 Å². The molecule has 2 atom stereocenters. The molecule has 7 heteroatoms. The Morgan fingerprint density at radius 3 is 2.85 bits per heavy atom. The van der Waals surface area contributed by atoms with Crippen LogP contribution in [0.25, 0.3) is 0 Å². The number of benzene rings is 1. The number of hydrogen-bond donors (Lipinski definition) is 2. The number of halogens is 2. The minimum atomic E-state index is -0.351. The normalized spacial score (nSPS) is 19.0. The summed E-state index contributed by atoms with van der Waals surface area (Å²) in [4.78, 5) is 27.0. The maximum Gasteiger partial charge on any atom is 0.241 e. The molecule has 0 bridgehead atoms. The van der Waals surface area contributed by atoms with E-state index in [0.29, 0.717) is 22.3 Å². The van der Waals surface area contributed by atoms with Gasteiger partial charge in [-0.25, -0.2) is 0 Å². The molecule has 1 aliphatic heterocycles. The average molecular weight is 400 g/mol. The fraction of sp³-hybridized carbons (Fsp3) is 0.579. The maximum atomic E-state index is 12.6. The van der Waals surface area contributed by atoms with Gasteiger partial charge in [-0.3, -0.25) is 14.5 Å². The largest absolute Gasteiger partial charge is 0.356 e. The molecule has 26 heavy (non-hydrogen) atoms. The summed E-state index contributed by atoms with van der Waals surface area (Å²) in [6.07, 6.45) is 3.81. The summed E-state index contributed by atoms with van der Waals surface area (Å²) in [6, 6.07) is 4.79. The van der Waals surface area contributed by atoms with E-state index in [0.717, 1.165) is 38.8 Å². The van der Waals surface area contributed by atoms with Gasteiger partial charge in [-0.2, -0.15) is 0 Å². The van der Waals surface area contributed by atoms with Gasteiger partial charge < -0.3 is 10.6 Å². The number of nitrogens with zero attached hydrogens (tertiary/aromatic N) is 1. The molecule has 144 valence electrons. The molecule has 2 rings (SSSR count). The Morgan fingerprint density at radius 1 is 1.35 bits per heavy atom. The lowest BCUT2D eigenvalue weighted by Crippen LogP contribution is -2.50. The summed E-state index contributed by atoms with van der Waals surface area (Å²) in [5, 5.41) is 6.57. The Hall–Kier alpha value is -1.30. The molecule has 2 amide bonds. The Labute approximate surface area is 165 Å². The number of carbonyl (C=O) groups is 2. The zero-order valence-electron chi connectivity index (χ0n) is 15.4. The maximum absolute atomic E-state index is 12.6.